The molecule has 0 spiro atoms. The van der Waals surface area contributed by atoms with Crippen LogP contribution in [0.3, 0.4) is 0 Å². The van der Waals surface area contributed by atoms with E-state index in [1.807, 2.05) is 4.90 Å². The SMILES string of the molecule is CCS(=O)(=O)c1nc(S(=O)(=O)c2ccc(Cl)cc2)c(N2C[C@H](C)C[C@@H](C)C2)s1. The fourth-order valence-corrected chi connectivity index (χ4v) is 7.74. The van der Waals surface area contributed by atoms with E-state index in [0.29, 0.717) is 34.9 Å². The van der Waals surface area contributed by atoms with E-state index in [0.717, 1.165) is 17.8 Å². The molecule has 6 nitrogen and oxygen atoms in total. The summed E-state index contributed by atoms with van der Waals surface area (Å²) >= 11 is 6.83. The van der Waals surface area contributed by atoms with Crippen molar-refractivity contribution in [3.63, 3.8) is 0 Å². The van der Waals surface area contributed by atoms with Crippen molar-refractivity contribution in [1.82, 2.24) is 4.98 Å². The number of benzene rings is 1. The van der Waals surface area contributed by atoms with Gasteiger partial charge in [0.25, 0.3) is 0 Å². The smallest absolute Gasteiger partial charge is 0.226 e. The minimum atomic E-state index is -3.98. The Bertz CT molecular complexity index is 1050. The predicted molar refractivity (Wildman–Crippen MR) is 112 cm³/mol. The van der Waals surface area contributed by atoms with Crippen LogP contribution in [0.1, 0.15) is 27.2 Å². The Morgan fingerprint density at radius 3 is 2.21 bits per heavy atom. The molecule has 1 aliphatic heterocycles. The zero-order valence-electron chi connectivity index (χ0n) is 15.9. The second-order valence-electron chi connectivity index (χ2n) is 7.30. The molecule has 0 radical (unpaired) electrons. The zero-order chi connectivity index (χ0) is 20.7. The fourth-order valence-electron chi connectivity index (χ4n) is 3.47. The molecular weight excluding hydrogens is 440 g/mol. The first-order chi connectivity index (χ1) is 13.0. The van der Waals surface area contributed by atoms with Crippen LogP contribution in [0.4, 0.5) is 5.00 Å². The minimum absolute atomic E-state index is 0.0435. The summed E-state index contributed by atoms with van der Waals surface area (Å²) in [4.78, 5) is 6.13. The number of hydrogen-bond donors (Lipinski definition) is 0. The molecule has 0 saturated carbocycles. The zero-order valence-corrected chi connectivity index (χ0v) is 19.1. The Hall–Kier alpha value is -1.16. The summed E-state index contributed by atoms with van der Waals surface area (Å²) in [5.41, 5.74) is 0. The number of anilines is 1. The summed E-state index contributed by atoms with van der Waals surface area (Å²) in [5.74, 6) is 0.624. The number of rotatable bonds is 5. The number of piperidine rings is 1. The van der Waals surface area contributed by atoms with Crippen molar-refractivity contribution < 1.29 is 16.8 Å². The highest BCUT2D eigenvalue weighted by Gasteiger charge is 2.34. The number of aromatic nitrogens is 1. The van der Waals surface area contributed by atoms with E-state index in [4.69, 9.17) is 11.6 Å². The van der Waals surface area contributed by atoms with E-state index in [9.17, 15) is 16.8 Å². The first-order valence-corrected chi connectivity index (χ1v) is 13.4. The fraction of sp³-hybridized carbons (Fsp3) is 0.500. The van der Waals surface area contributed by atoms with Gasteiger partial charge in [-0.25, -0.2) is 21.8 Å². The molecule has 0 amide bonds. The Morgan fingerprint density at radius 2 is 1.68 bits per heavy atom. The number of nitrogens with zero attached hydrogens (tertiary/aromatic N) is 2. The Kier molecular flexibility index (Phi) is 6.10. The van der Waals surface area contributed by atoms with Gasteiger partial charge in [0.2, 0.25) is 24.0 Å². The number of thiazole rings is 1. The summed E-state index contributed by atoms with van der Waals surface area (Å²) in [5, 5.41) is 0.638. The molecule has 1 aliphatic rings. The summed E-state index contributed by atoms with van der Waals surface area (Å²) in [7, 11) is -7.60. The van der Waals surface area contributed by atoms with Crippen LogP contribution in [-0.2, 0) is 19.7 Å². The van der Waals surface area contributed by atoms with Gasteiger partial charge in [-0.15, -0.1) is 0 Å². The Labute approximate surface area is 175 Å². The molecule has 1 aromatic heterocycles. The molecule has 0 aliphatic carbocycles. The molecule has 0 bridgehead atoms. The standard InChI is InChI=1S/C18H23ClN2O4S3/c1-4-27(22,23)18-20-16(28(24,25)15-7-5-14(19)6-8-15)17(26-18)21-10-12(2)9-13(3)11-21/h5-8,12-13H,4,9-11H2,1-3H3/t12-,13-/m1/s1. The maximum Gasteiger partial charge on any atom is 0.226 e. The van der Waals surface area contributed by atoms with Crippen molar-refractivity contribution in [3.8, 4) is 0 Å². The molecule has 0 unspecified atom stereocenters. The average Bonchev–Trinajstić information content (AvgIpc) is 3.08. The van der Waals surface area contributed by atoms with Gasteiger partial charge in [-0.1, -0.05) is 43.7 Å². The highest BCUT2D eigenvalue weighted by atomic mass is 35.5. The largest absolute Gasteiger partial charge is 0.360 e. The Morgan fingerprint density at radius 1 is 1.11 bits per heavy atom. The third-order valence-corrected chi connectivity index (χ3v) is 10.1. The van der Waals surface area contributed by atoms with Gasteiger partial charge >= 0.3 is 0 Å². The molecule has 154 valence electrons. The third-order valence-electron chi connectivity index (χ3n) is 4.74. The van der Waals surface area contributed by atoms with E-state index in [2.05, 4.69) is 18.8 Å². The molecule has 0 N–H and O–H groups in total. The highest BCUT2D eigenvalue weighted by Crippen LogP contribution is 2.40. The second kappa shape index (κ2) is 7.93. The molecule has 1 aromatic carbocycles. The van der Waals surface area contributed by atoms with Crippen molar-refractivity contribution >= 4 is 47.6 Å². The minimum Gasteiger partial charge on any atom is -0.360 e. The van der Waals surface area contributed by atoms with Crippen LogP contribution in [-0.4, -0.2) is 40.7 Å². The van der Waals surface area contributed by atoms with Crippen LogP contribution in [0, 0.1) is 11.8 Å². The highest BCUT2D eigenvalue weighted by molar-refractivity contribution is 7.94. The van der Waals surface area contributed by atoms with Gasteiger partial charge in [0.05, 0.1) is 10.6 Å². The van der Waals surface area contributed by atoms with Crippen LogP contribution >= 0.6 is 22.9 Å². The lowest BCUT2D eigenvalue weighted by atomic mass is 9.92. The van der Waals surface area contributed by atoms with Crippen molar-refractivity contribution in [2.24, 2.45) is 11.8 Å². The van der Waals surface area contributed by atoms with Crippen molar-refractivity contribution in [1.29, 1.82) is 0 Å². The quantitative estimate of drug-likeness (QED) is 0.669. The summed E-state index contributed by atoms with van der Waals surface area (Å²) in [6.07, 6.45) is 1.05. The molecule has 1 saturated heterocycles. The number of halogens is 1. The number of sulfone groups is 2. The van der Waals surface area contributed by atoms with Crippen LogP contribution in [0.2, 0.25) is 5.02 Å². The molecule has 3 rings (SSSR count). The van der Waals surface area contributed by atoms with Crippen LogP contribution in [0.25, 0.3) is 0 Å². The van der Waals surface area contributed by atoms with Gasteiger partial charge in [0.15, 0.2) is 5.03 Å². The second-order valence-corrected chi connectivity index (χ2v) is 13.0. The van der Waals surface area contributed by atoms with Crippen molar-refractivity contribution in [2.75, 3.05) is 23.7 Å². The van der Waals surface area contributed by atoms with Gasteiger partial charge in [0, 0.05) is 18.1 Å². The van der Waals surface area contributed by atoms with Gasteiger partial charge in [-0.3, -0.25) is 0 Å². The van der Waals surface area contributed by atoms with Crippen LogP contribution in [0.5, 0.6) is 0 Å². The van der Waals surface area contributed by atoms with Gasteiger partial charge < -0.3 is 4.90 Å². The maximum atomic E-state index is 13.3. The molecule has 2 heterocycles. The van der Waals surface area contributed by atoms with Gasteiger partial charge in [-0.05, 0) is 42.5 Å². The van der Waals surface area contributed by atoms with E-state index in [-0.39, 0.29) is 20.0 Å². The van der Waals surface area contributed by atoms with Gasteiger partial charge in [-0.2, -0.15) is 0 Å². The molecule has 2 aromatic rings. The lowest BCUT2D eigenvalue weighted by Crippen LogP contribution is -2.38. The summed E-state index contributed by atoms with van der Waals surface area (Å²) in [6.45, 7) is 7.08. The lowest BCUT2D eigenvalue weighted by molar-refractivity contribution is 0.357. The molecule has 2 atom stereocenters. The van der Waals surface area contributed by atoms with Crippen molar-refractivity contribution in [2.45, 2.75) is 41.5 Å². The molecule has 1 fully saturated rings. The number of hydrogen-bond acceptors (Lipinski definition) is 7. The van der Waals surface area contributed by atoms with Crippen molar-refractivity contribution in [3.05, 3.63) is 29.3 Å². The summed E-state index contributed by atoms with van der Waals surface area (Å²) < 4.78 is 51.2. The van der Waals surface area contributed by atoms with E-state index in [1.165, 1.54) is 31.2 Å². The normalized spacial score (nSPS) is 21.1. The summed E-state index contributed by atoms with van der Waals surface area (Å²) in [6, 6.07) is 5.82. The first kappa shape index (κ1) is 21.5. The Balaban J connectivity index is 2.17. The predicted octanol–water partition coefficient (Wildman–Crippen LogP) is 3.91. The molecule has 28 heavy (non-hydrogen) atoms. The molecular formula is C18H23ClN2O4S3. The third kappa shape index (κ3) is 4.22. The molecule has 10 heteroatoms. The van der Waals surface area contributed by atoms with Gasteiger partial charge in [0.1, 0.15) is 5.00 Å². The van der Waals surface area contributed by atoms with E-state index >= 15 is 0 Å². The van der Waals surface area contributed by atoms with E-state index in [1.54, 1.807) is 0 Å². The van der Waals surface area contributed by atoms with Crippen LogP contribution in [0.15, 0.2) is 38.5 Å². The topological polar surface area (TPSA) is 84.4 Å². The van der Waals surface area contributed by atoms with E-state index < -0.39 is 19.7 Å². The lowest BCUT2D eigenvalue weighted by Gasteiger charge is -2.35. The monoisotopic (exact) mass is 462 g/mol. The average molecular weight is 463 g/mol. The first-order valence-electron chi connectivity index (χ1n) is 9.03. The maximum absolute atomic E-state index is 13.3. The van der Waals surface area contributed by atoms with Crippen LogP contribution < -0.4 is 4.90 Å².